The summed E-state index contributed by atoms with van der Waals surface area (Å²) in [5, 5.41) is 13.9. The molecule has 0 bridgehead atoms. The Bertz CT molecular complexity index is 233. The van der Waals surface area contributed by atoms with Crippen LogP contribution in [0.2, 0.25) is 0 Å². The molecule has 0 heterocycles. The van der Waals surface area contributed by atoms with E-state index in [1.54, 1.807) is 0 Å². The molecule has 0 aliphatic rings. The lowest BCUT2D eigenvalue weighted by Gasteiger charge is -2.25. The van der Waals surface area contributed by atoms with Gasteiger partial charge in [-0.15, -0.1) is 0 Å². The molecule has 0 aliphatic heterocycles. The average Bonchev–Trinajstić information content (AvgIpc) is 2.33. The molecule has 5 heteroatoms. The van der Waals surface area contributed by atoms with E-state index in [0.29, 0.717) is 0 Å². The molecule has 0 aliphatic carbocycles. The summed E-state index contributed by atoms with van der Waals surface area (Å²) in [4.78, 5) is 15.7. The highest BCUT2D eigenvalue weighted by molar-refractivity contribution is 5.82. The Kier molecular flexibility index (Phi) is 15.6. The van der Waals surface area contributed by atoms with Crippen LogP contribution < -0.4 is 0 Å². The molecule has 114 valence electrons. The van der Waals surface area contributed by atoms with Gasteiger partial charge in [0.2, 0.25) is 0 Å². The van der Waals surface area contributed by atoms with Gasteiger partial charge in [-0.25, -0.2) is 4.79 Å². The highest BCUT2D eigenvalue weighted by Gasteiger charge is 2.07. The van der Waals surface area contributed by atoms with Gasteiger partial charge in [0.15, 0.2) is 0 Å². The molecule has 0 rings (SSSR count). The Morgan fingerprint density at radius 2 is 1.42 bits per heavy atom. The average molecular weight is 274 g/mol. The van der Waals surface area contributed by atoms with Crippen molar-refractivity contribution in [3.05, 3.63) is 0 Å². The maximum Gasteiger partial charge on any atom is 0.503 e. The summed E-state index contributed by atoms with van der Waals surface area (Å²) in [5.74, 6) is 1.34. The van der Waals surface area contributed by atoms with Crippen molar-refractivity contribution >= 4 is 12.0 Å². The van der Waals surface area contributed by atoms with Gasteiger partial charge < -0.3 is 15.1 Å². The third kappa shape index (κ3) is 14.7. The molecule has 5 nitrogen and oxygen atoms in total. The highest BCUT2D eigenvalue weighted by Crippen LogP contribution is 2.03. The summed E-state index contributed by atoms with van der Waals surface area (Å²) < 4.78 is 0. The molecule has 0 amide bonds. The summed E-state index contributed by atoms with van der Waals surface area (Å²) in [7, 11) is 0. The number of aliphatic imine (C=N–C) groups is 1. The molecule has 0 aromatic rings. The van der Waals surface area contributed by atoms with E-state index in [1.165, 1.54) is 25.1 Å². The Morgan fingerprint density at radius 3 is 1.74 bits per heavy atom. The summed E-state index contributed by atoms with van der Waals surface area (Å²) in [6.45, 7) is 12.2. The number of amidine groups is 1. The van der Waals surface area contributed by atoms with E-state index in [1.807, 2.05) is 0 Å². The Hall–Kier alpha value is -1.26. The van der Waals surface area contributed by atoms with Gasteiger partial charge in [-0.2, -0.15) is 0 Å². The van der Waals surface area contributed by atoms with E-state index in [0.717, 1.165) is 32.5 Å². The van der Waals surface area contributed by atoms with Gasteiger partial charge in [-0.05, 0) is 25.7 Å². The maximum absolute atomic E-state index is 8.56. The quantitative estimate of drug-likeness (QED) is 0.519. The molecule has 0 fully saturated rings. The molecule has 0 spiro atoms. The van der Waals surface area contributed by atoms with Crippen LogP contribution in [0.5, 0.6) is 0 Å². The molecule has 0 aromatic heterocycles. The normalized spacial score (nSPS) is 10.6. The van der Waals surface area contributed by atoms with E-state index >= 15 is 0 Å². The smallest absolute Gasteiger partial charge is 0.450 e. The number of nitrogens with zero attached hydrogens (tertiary/aromatic N) is 2. The van der Waals surface area contributed by atoms with Crippen LogP contribution in [0.25, 0.3) is 0 Å². The second kappa shape index (κ2) is 14.8. The molecule has 0 saturated heterocycles. The van der Waals surface area contributed by atoms with Gasteiger partial charge in [-0.1, -0.05) is 27.7 Å². The van der Waals surface area contributed by atoms with Crippen LogP contribution in [-0.4, -0.2) is 46.7 Å². The first-order valence-corrected chi connectivity index (χ1v) is 7.23. The van der Waals surface area contributed by atoms with Crippen molar-refractivity contribution in [1.29, 1.82) is 0 Å². The second-order valence-electron chi connectivity index (χ2n) is 4.32. The summed E-state index contributed by atoms with van der Waals surface area (Å²) in [6, 6.07) is 0. The summed E-state index contributed by atoms with van der Waals surface area (Å²) in [6.07, 6.45) is 4.09. The van der Waals surface area contributed by atoms with Crippen molar-refractivity contribution < 1.29 is 15.0 Å². The highest BCUT2D eigenvalue weighted by atomic mass is 16.6. The molecule has 19 heavy (non-hydrogen) atoms. The Balaban J connectivity index is 0. The monoisotopic (exact) mass is 274 g/mol. The molecular weight excluding hydrogens is 244 g/mol. The summed E-state index contributed by atoms with van der Waals surface area (Å²) in [5.41, 5.74) is 0. The molecule has 0 atom stereocenters. The molecular formula is C14H30N2O3. The minimum absolute atomic E-state index is 0.985. The first-order chi connectivity index (χ1) is 9.03. The van der Waals surface area contributed by atoms with Crippen LogP contribution in [0.15, 0.2) is 4.99 Å². The lowest BCUT2D eigenvalue weighted by Crippen LogP contribution is -2.32. The fraction of sp³-hybridized carbons (Fsp3) is 0.857. The molecule has 0 saturated carbocycles. The van der Waals surface area contributed by atoms with Crippen molar-refractivity contribution in [1.82, 2.24) is 4.90 Å². The van der Waals surface area contributed by atoms with Crippen LogP contribution in [-0.2, 0) is 0 Å². The van der Waals surface area contributed by atoms with E-state index in [9.17, 15) is 0 Å². The predicted octanol–water partition coefficient (Wildman–Crippen LogP) is 3.94. The first-order valence-electron chi connectivity index (χ1n) is 7.23. The van der Waals surface area contributed by atoms with Crippen molar-refractivity contribution in [2.24, 2.45) is 4.99 Å². The number of hydrogen-bond donors (Lipinski definition) is 2. The second-order valence-corrected chi connectivity index (χ2v) is 4.32. The van der Waals surface area contributed by atoms with Crippen LogP contribution in [0.1, 0.15) is 59.8 Å². The largest absolute Gasteiger partial charge is 0.503 e. The third-order valence-corrected chi connectivity index (χ3v) is 2.34. The topological polar surface area (TPSA) is 73.1 Å². The van der Waals surface area contributed by atoms with Crippen molar-refractivity contribution in [2.45, 2.75) is 59.8 Å². The van der Waals surface area contributed by atoms with E-state index in [-0.39, 0.29) is 0 Å². The lowest BCUT2D eigenvalue weighted by atomic mass is 10.2. The zero-order chi connectivity index (χ0) is 15.1. The van der Waals surface area contributed by atoms with Crippen molar-refractivity contribution in [2.75, 3.05) is 19.6 Å². The van der Waals surface area contributed by atoms with Crippen LogP contribution >= 0.6 is 0 Å². The van der Waals surface area contributed by atoms with Gasteiger partial charge in [0.1, 0.15) is 0 Å². The zero-order valence-corrected chi connectivity index (χ0v) is 12.9. The molecule has 0 unspecified atom stereocenters. The number of hydrogen-bond acceptors (Lipinski definition) is 2. The van der Waals surface area contributed by atoms with Gasteiger partial charge in [0, 0.05) is 26.1 Å². The maximum atomic E-state index is 8.56. The van der Waals surface area contributed by atoms with Gasteiger partial charge in [0.05, 0.1) is 5.84 Å². The standard InChI is InChI=1S/C13H28N2.CH2O3/c1-5-9-13(14-10-6-2)15(11-7-3)12-8-4;2-1(3)4/h5-12H2,1-4H3;(H2,2,3,4). The number of carboxylic acid groups (broad SMARTS) is 2. The molecule has 0 aromatic carbocycles. The molecule has 0 radical (unpaired) electrons. The number of carbonyl (C=O) groups is 1. The van der Waals surface area contributed by atoms with E-state index in [2.05, 4.69) is 32.6 Å². The third-order valence-electron chi connectivity index (χ3n) is 2.34. The fourth-order valence-electron chi connectivity index (χ4n) is 1.71. The van der Waals surface area contributed by atoms with Gasteiger partial charge >= 0.3 is 6.16 Å². The first kappa shape index (κ1) is 20.1. The predicted molar refractivity (Wildman–Crippen MR) is 80.3 cm³/mol. The van der Waals surface area contributed by atoms with E-state index < -0.39 is 6.16 Å². The van der Waals surface area contributed by atoms with Crippen molar-refractivity contribution in [3.63, 3.8) is 0 Å². The Labute approximate surface area is 117 Å². The van der Waals surface area contributed by atoms with Crippen LogP contribution in [0, 0.1) is 0 Å². The lowest BCUT2D eigenvalue weighted by molar-refractivity contribution is 0.137. The van der Waals surface area contributed by atoms with Crippen LogP contribution in [0.3, 0.4) is 0 Å². The Morgan fingerprint density at radius 1 is 0.947 bits per heavy atom. The van der Waals surface area contributed by atoms with Gasteiger partial charge in [-0.3, -0.25) is 4.99 Å². The minimum Gasteiger partial charge on any atom is -0.450 e. The summed E-state index contributed by atoms with van der Waals surface area (Å²) >= 11 is 0. The van der Waals surface area contributed by atoms with Gasteiger partial charge in [0.25, 0.3) is 0 Å². The van der Waals surface area contributed by atoms with Crippen molar-refractivity contribution in [3.8, 4) is 0 Å². The number of rotatable bonds is 8. The zero-order valence-electron chi connectivity index (χ0n) is 12.9. The van der Waals surface area contributed by atoms with E-state index in [4.69, 9.17) is 20.0 Å². The SMILES string of the molecule is CCCN=C(CCC)N(CCC)CCC.O=C(O)O. The molecule has 2 N–H and O–H groups in total. The minimum atomic E-state index is -1.83. The van der Waals surface area contributed by atoms with Crippen LogP contribution in [0.4, 0.5) is 4.79 Å². The fourth-order valence-corrected chi connectivity index (χ4v) is 1.71.